The molecule has 14 heteroatoms. The van der Waals surface area contributed by atoms with Gasteiger partial charge in [-0.3, -0.25) is 14.2 Å². The van der Waals surface area contributed by atoms with Gasteiger partial charge in [0.05, 0.1) is 61.0 Å². The molecule has 0 spiro atoms. The topological polar surface area (TPSA) is 124 Å². The molecule has 0 amide bonds. The van der Waals surface area contributed by atoms with Crippen LogP contribution in [-0.4, -0.2) is 91.4 Å². The number of methoxy groups -OCH3 is 2. The third-order valence-corrected chi connectivity index (χ3v) is 9.70. The summed E-state index contributed by atoms with van der Waals surface area (Å²) in [4.78, 5) is 45.8. The third-order valence-electron chi connectivity index (χ3n) is 8.95. The number of hydrogen-bond acceptors (Lipinski definition) is 11. The lowest BCUT2D eigenvalue weighted by Crippen LogP contribution is -2.36. The van der Waals surface area contributed by atoms with Crippen molar-refractivity contribution < 1.29 is 19.0 Å². The highest BCUT2D eigenvalue weighted by atomic mass is 35.5. The van der Waals surface area contributed by atoms with E-state index in [1.165, 1.54) is 14.2 Å². The first-order valence-corrected chi connectivity index (χ1v) is 17.8. The van der Waals surface area contributed by atoms with Crippen molar-refractivity contribution in [1.82, 2.24) is 24.4 Å². The Morgan fingerprint density at radius 2 is 1.75 bits per heavy atom. The third kappa shape index (κ3) is 8.47. The molecular formula is C39H41Cl2N7O5. The van der Waals surface area contributed by atoms with Gasteiger partial charge in [-0.25, -0.2) is 9.97 Å². The molecule has 1 saturated heterocycles. The number of anilines is 3. The minimum Gasteiger partial charge on any atom is -0.495 e. The number of hydrogen-bond donors (Lipinski definition) is 1. The Morgan fingerprint density at radius 1 is 1.02 bits per heavy atom. The minimum absolute atomic E-state index is 0.0208. The van der Waals surface area contributed by atoms with Crippen molar-refractivity contribution in [3.63, 3.8) is 0 Å². The highest BCUT2D eigenvalue weighted by Crippen LogP contribution is 2.45. The summed E-state index contributed by atoms with van der Waals surface area (Å²) in [5.74, 6) is 1.36. The maximum atomic E-state index is 14.8. The van der Waals surface area contributed by atoms with E-state index in [2.05, 4.69) is 20.2 Å². The molecule has 5 aromatic rings. The summed E-state index contributed by atoms with van der Waals surface area (Å²) in [6.45, 7) is 5.51. The number of aromatic nitrogens is 4. The monoisotopic (exact) mass is 757 g/mol. The highest BCUT2D eigenvalue weighted by molar-refractivity contribution is 6.41. The van der Waals surface area contributed by atoms with Crippen LogP contribution in [0.2, 0.25) is 10.0 Å². The van der Waals surface area contributed by atoms with Gasteiger partial charge in [0.25, 0.3) is 5.56 Å². The van der Waals surface area contributed by atoms with Gasteiger partial charge in [0.1, 0.15) is 23.0 Å². The summed E-state index contributed by atoms with van der Waals surface area (Å²) in [6, 6.07) is 14.2. The summed E-state index contributed by atoms with van der Waals surface area (Å²) in [6.07, 6.45) is 7.08. The molecule has 1 aliphatic heterocycles. The lowest BCUT2D eigenvalue weighted by atomic mass is 10.00. The molecule has 12 nitrogen and oxygen atoms in total. The van der Waals surface area contributed by atoms with Gasteiger partial charge in [-0.15, -0.1) is 0 Å². The molecule has 0 bridgehead atoms. The number of morpholine rings is 1. The van der Waals surface area contributed by atoms with Crippen LogP contribution in [0.5, 0.6) is 11.5 Å². The van der Waals surface area contributed by atoms with Crippen molar-refractivity contribution in [2.45, 2.75) is 19.4 Å². The van der Waals surface area contributed by atoms with Gasteiger partial charge < -0.3 is 29.3 Å². The lowest BCUT2D eigenvalue weighted by molar-refractivity contribution is -0.114. The van der Waals surface area contributed by atoms with Crippen molar-refractivity contribution in [3.05, 3.63) is 105 Å². The first kappa shape index (κ1) is 37.7. The number of likely N-dealkylation sites (N-methyl/N-ethyl adjacent to an activating group) is 1. The molecule has 1 atom stereocenters. The first-order valence-electron chi connectivity index (χ1n) is 17.1. The normalized spacial score (nSPS) is 13.8. The molecule has 0 radical (unpaired) electrons. The predicted octanol–water partition coefficient (Wildman–Crippen LogP) is 6.60. The van der Waals surface area contributed by atoms with Gasteiger partial charge in [0.15, 0.2) is 5.78 Å². The zero-order valence-electron chi connectivity index (χ0n) is 30.2. The number of carbonyl (C=O) groups excluding carboxylic acids is 1. The number of carbonyl (C=O) groups is 1. The number of nitrogens with one attached hydrogen (secondary N) is 1. The van der Waals surface area contributed by atoms with Crippen molar-refractivity contribution >= 4 is 57.5 Å². The average Bonchev–Trinajstić information content (AvgIpc) is 3.15. The molecule has 3 aromatic heterocycles. The van der Waals surface area contributed by atoms with E-state index in [0.29, 0.717) is 48.1 Å². The number of halogens is 2. The van der Waals surface area contributed by atoms with Crippen LogP contribution in [0.4, 0.5) is 17.5 Å². The van der Waals surface area contributed by atoms with Crippen molar-refractivity contribution in [3.8, 4) is 22.6 Å². The number of nitrogens with zero attached hydrogens (tertiary/aromatic N) is 6. The Hall–Kier alpha value is -5.01. The number of benzene rings is 2. The first-order chi connectivity index (χ1) is 25.6. The number of ether oxygens (including phenoxy) is 3. The fourth-order valence-electron chi connectivity index (χ4n) is 6.19. The van der Waals surface area contributed by atoms with Crippen LogP contribution in [-0.2, 0) is 16.0 Å². The molecule has 4 heterocycles. The van der Waals surface area contributed by atoms with E-state index in [-0.39, 0.29) is 39.3 Å². The lowest BCUT2D eigenvalue weighted by Gasteiger charge is -2.28. The number of rotatable bonds is 13. The van der Waals surface area contributed by atoms with Crippen molar-refractivity contribution in [1.29, 1.82) is 0 Å². The summed E-state index contributed by atoms with van der Waals surface area (Å²) < 4.78 is 18.1. The second-order valence-corrected chi connectivity index (χ2v) is 13.6. The van der Waals surface area contributed by atoms with Crippen LogP contribution in [0, 0.1) is 0 Å². The van der Waals surface area contributed by atoms with E-state index in [1.807, 2.05) is 68.4 Å². The Bertz CT molecular complexity index is 2170. The standard InChI is InChI=1S/C39H41Cl2N7O5/c1-24(26-9-6-8-25(18-26)19-29(49)10-7-13-46(2)3)48-37-27(20-30(38(48)50)34-35(40)31(51-4)21-32(52-5)36(34)41)22-43-39(45-37)44-33-12-11-28(23-42-33)47-14-16-53-17-15-47/h6-12,18,20-24H,13-17,19H2,1-5H3,(H,42,43,44,45)/b10-7+. The molecule has 53 heavy (non-hydrogen) atoms. The van der Waals surface area contributed by atoms with E-state index >= 15 is 0 Å². The van der Waals surface area contributed by atoms with Crippen LogP contribution in [0.3, 0.4) is 0 Å². The number of ketones is 1. The van der Waals surface area contributed by atoms with Gasteiger partial charge in [0, 0.05) is 49.3 Å². The quantitative estimate of drug-likeness (QED) is 0.131. The summed E-state index contributed by atoms with van der Waals surface area (Å²) in [5.41, 5.74) is 3.02. The van der Waals surface area contributed by atoms with Crippen molar-refractivity contribution in [2.75, 3.05) is 71.4 Å². The van der Waals surface area contributed by atoms with Crippen LogP contribution in [0.1, 0.15) is 24.1 Å². The molecule has 6 rings (SSSR count). The number of pyridine rings is 2. The molecule has 276 valence electrons. The van der Waals surface area contributed by atoms with E-state index in [0.717, 1.165) is 29.9 Å². The SMILES string of the molecule is COc1cc(OC)c(Cl)c(-c2cc3cnc(Nc4ccc(N5CCOCC5)cn4)nc3n(C(C)c3cccc(CC(=O)/C=C/CN(C)C)c3)c2=O)c1Cl. The zero-order chi connectivity index (χ0) is 37.6. The van der Waals surface area contributed by atoms with Crippen LogP contribution >= 0.6 is 23.2 Å². The molecule has 0 aliphatic carbocycles. The smallest absolute Gasteiger partial charge is 0.260 e. The van der Waals surface area contributed by atoms with Crippen molar-refractivity contribution in [2.24, 2.45) is 0 Å². The molecule has 2 aromatic carbocycles. The van der Waals surface area contributed by atoms with E-state index in [1.54, 1.807) is 35.2 Å². The van der Waals surface area contributed by atoms with Gasteiger partial charge >= 0.3 is 0 Å². The van der Waals surface area contributed by atoms with E-state index < -0.39 is 11.6 Å². The van der Waals surface area contributed by atoms with Gasteiger partial charge in [-0.2, -0.15) is 4.98 Å². The van der Waals surface area contributed by atoms with Crippen LogP contribution < -0.4 is 25.2 Å². The fourth-order valence-corrected chi connectivity index (χ4v) is 6.90. The second kappa shape index (κ2) is 16.8. The number of allylic oxidation sites excluding steroid dienone is 1. The van der Waals surface area contributed by atoms with Gasteiger partial charge in [0.2, 0.25) is 5.95 Å². The minimum atomic E-state index is -0.553. The average molecular weight is 759 g/mol. The summed E-state index contributed by atoms with van der Waals surface area (Å²) in [5, 5.41) is 4.05. The van der Waals surface area contributed by atoms with Crippen LogP contribution in [0.15, 0.2) is 77.9 Å². The van der Waals surface area contributed by atoms with Crippen LogP contribution in [0.25, 0.3) is 22.2 Å². The Labute approximate surface area is 317 Å². The maximum Gasteiger partial charge on any atom is 0.260 e. The summed E-state index contributed by atoms with van der Waals surface area (Å²) >= 11 is 13.7. The summed E-state index contributed by atoms with van der Waals surface area (Å²) in [7, 11) is 6.83. The predicted molar refractivity (Wildman–Crippen MR) is 210 cm³/mol. The Balaban J connectivity index is 1.44. The molecule has 1 N–H and O–H groups in total. The van der Waals surface area contributed by atoms with Gasteiger partial charge in [-0.05, 0) is 56.4 Å². The Morgan fingerprint density at radius 3 is 2.42 bits per heavy atom. The molecule has 0 saturated carbocycles. The van der Waals surface area contributed by atoms with Gasteiger partial charge in [-0.1, -0.05) is 53.5 Å². The van der Waals surface area contributed by atoms with E-state index in [9.17, 15) is 9.59 Å². The molecule has 1 fully saturated rings. The molecular weight excluding hydrogens is 717 g/mol. The zero-order valence-corrected chi connectivity index (χ0v) is 31.7. The maximum absolute atomic E-state index is 14.8. The second-order valence-electron chi connectivity index (χ2n) is 12.8. The molecule has 1 aliphatic rings. The Kier molecular flexibility index (Phi) is 11.9. The highest BCUT2D eigenvalue weighted by Gasteiger charge is 2.25. The number of fused-ring (bicyclic) bond motifs is 1. The fraction of sp³-hybridized carbons (Fsp3) is 0.308. The largest absolute Gasteiger partial charge is 0.495 e. The molecule has 1 unspecified atom stereocenters. The van der Waals surface area contributed by atoms with E-state index in [4.69, 9.17) is 42.4 Å².